The van der Waals surface area contributed by atoms with Crippen LogP contribution < -0.4 is 14.8 Å². The highest BCUT2D eigenvalue weighted by Crippen LogP contribution is 2.20. The van der Waals surface area contributed by atoms with Gasteiger partial charge in [0.2, 0.25) is 0 Å². The Balaban J connectivity index is 1.65. The highest BCUT2D eigenvalue weighted by atomic mass is 16.5. The molecule has 144 valence electrons. The molecule has 0 radical (unpaired) electrons. The fourth-order valence-corrected chi connectivity index (χ4v) is 2.65. The molecule has 0 aliphatic rings. The van der Waals surface area contributed by atoms with Crippen LogP contribution in [-0.4, -0.2) is 25.7 Å². The molecule has 0 aliphatic carbocycles. The number of carbonyl (C=O) groups excluding carboxylic acids is 1. The normalized spacial score (nSPS) is 12.3. The molecule has 3 aromatic rings. The number of carbonyl (C=O) groups is 1. The van der Waals surface area contributed by atoms with Crippen LogP contribution in [0, 0.1) is 0 Å². The largest absolute Gasteiger partial charge is 0.497 e. The molecule has 0 saturated heterocycles. The number of benzene rings is 2. The molecule has 0 bridgehead atoms. The standard InChI is InChI=1S/C23H23NO4/c1-17(16-28-20-12-10-19(26-2)11-13-20)24-23(25)22(15-21-9-6-14-27-21)18-7-4-3-5-8-18/h3-15,17H,16H2,1-2H3,(H,24,25)/b22-15+/t17-/m1/s1. The number of ether oxygens (including phenoxy) is 2. The molecule has 28 heavy (non-hydrogen) atoms. The lowest BCUT2D eigenvalue weighted by molar-refractivity contribution is -0.116. The third kappa shape index (κ3) is 5.27. The number of hydrogen-bond donors (Lipinski definition) is 1. The molecule has 3 rings (SSSR count). The van der Waals surface area contributed by atoms with Crippen LogP contribution in [0.1, 0.15) is 18.2 Å². The zero-order valence-corrected chi connectivity index (χ0v) is 15.9. The summed E-state index contributed by atoms with van der Waals surface area (Å²) < 4.78 is 16.3. The first-order chi connectivity index (χ1) is 13.7. The summed E-state index contributed by atoms with van der Waals surface area (Å²) >= 11 is 0. The van der Waals surface area contributed by atoms with Crippen molar-refractivity contribution < 1.29 is 18.7 Å². The molecule has 0 fully saturated rings. The summed E-state index contributed by atoms with van der Waals surface area (Å²) in [5.74, 6) is 1.92. The van der Waals surface area contributed by atoms with Gasteiger partial charge >= 0.3 is 0 Å². The SMILES string of the molecule is COc1ccc(OC[C@@H](C)NC(=O)/C(=C/c2ccco2)c2ccccc2)cc1. The van der Waals surface area contributed by atoms with Crippen LogP contribution >= 0.6 is 0 Å². The summed E-state index contributed by atoms with van der Waals surface area (Å²) in [6.45, 7) is 2.25. The summed E-state index contributed by atoms with van der Waals surface area (Å²) in [5, 5.41) is 2.99. The van der Waals surface area contributed by atoms with Gasteiger partial charge in [-0.3, -0.25) is 4.79 Å². The number of nitrogens with one attached hydrogen (secondary N) is 1. The van der Waals surface area contributed by atoms with Crippen LogP contribution in [0.15, 0.2) is 77.4 Å². The van der Waals surface area contributed by atoms with E-state index in [0.29, 0.717) is 17.9 Å². The summed E-state index contributed by atoms with van der Waals surface area (Å²) in [6, 6.07) is 20.2. The van der Waals surface area contributed by atoms with Gasteiger partial charge in [0.1, 0.15) is 23.9 Å². The molecule has 1 aromatic heterocycles. The molecular weight excluding hydrogens is 354 g/mol. The van der Waals surface area contributed by atoms with Crippen molar-refractivity contribution in [1.29, 1.82) is 0 Å². The highest BCUT2D eigenvalue weighted by molar-refractivity contribution is 6.24. The number of rotatable bonds is 8. The lowest BCUT2D eigenvalue weighted by Crippen LogP contribution is -2.37. The van der Waals surface area contributed by atoms with Gasteiger partial charge in [-0.25, -0.2) is 0 Å². The molecule has 5 nitrogen and oxygen atoms in total. The monoisotopic (exact) mass is 377 g/mol. The summed E-state index contributed by atoms with van der Waals surface area (Å²) in [7, 11) is 1.62. The van der Waals surface area contributed by atoms with Crippen LogP contribution in [0.5, 0.6) is 11.5 Å². The van der Waals surface area contributed by atoms with Crippen LogP contribution in [0.2, 0.25) is 0 Å². The van der Waals surface area contributed by atoms with Gasteiger partial charge in [0.25, 0.3) is 5.91 Å². The van der Waals surface area contributed by atoms with Gasteiger partial charge in [-0.2, -0.15) is 0 Å². The Morgan fingerprint density at radius 2 is 1.75 bits per heavy atom. The Morgan fingerprint density at radius 1 is 1.04 bits per heavy atom. The van der Waals surface area contributed by atoms with E-state index in [4.69, 9.17) is 13.9 Å². The molecule has 1 N–H and O–H groups in total. The molecule has 0 unspecified atom stereocenters. The first-order valence-electron chi connectivity index (χ1n) is 9.04. The lowest BCUT2D eigenvalue weighted by atomic mass is 10.0. The van der Waals surface area contributed by atoms with Gasteiger partial charge in [-0.1, -0.05) is 30.3 Å². The van der Waals surface area contributed by atoms with Crippen molar-refractivity contribution in [3.63, 3.8) is 0 Å². The van der Waals surface area contributed by atoms with Crippen molar-refractivity contribution in [2.45, 2.75) is 13.0 Å². The second-order valence-corrected chi connectivity index (χ2v) is 6.30. The second-order valence-electron chi connectivity index (χ2n) is 6.30. The predicted molar refractivity (Wildman–Crippen MR) is 109 cm³/mol. The summed E-state index contributed by atoms with van der Waals surface area (Å²) in [4.78, 5) is 12.9. The number of furan rings is 1. The quantitative estimate of drug-likeness (QED) is 0.591. The second kappa shape index (κ2) is 9.46. The van der Waals surface area contributed by atoms with E-state index in [1.165, 1.54) is 0 Å². The smallest absolute Gasteiger partial charge is 0.252 e. The van der Waals surface area contributed by atoms with Crippen LogP contribution in [0.25, 0.3) is 11.6 Å². The summed E-state index contributed by atoms with van der Waals surface area (Å²) in [6.07, 6.45) is 3.32. The van der Waals surface area contributed by atoms with E-state index >= 15 is 0 Å². The topological polar surface area (TPSA) is 60.7 Å². The van der Waals surface area contributed by atoms with E-state index in [2.05, 4.69) is 5.32 Å². The average molecular weight is 377 g/mol. The van der Waals surface area contributed by atoms with Crippen molar-refractivity contribution in [1.82, 2.24) is 5.32 Å². The van der Waals surface area contributed by atoms with Crippen molar-refractivity contribution >= 4 is 17.6 Å². The van der Waals surface area contributed by atoms with Crippen molar-refractivity contribution in [2.75, 3.05) is 13.7 Å². The Kier molecular flexibility index (Phi) is 6.52. The lowest BCUT2D eigenvalue weighted by Gasteiger charge is -2.16. The zero-order chi connectivity index (χ0) is 19.8. The van der Waals surface area contributed by atoms with E-state index in [-0.39, 0.29) is 11.9 Å². The van der Waals surface area contributed by atoms with Crippen LogP contribution in [0.3, 0.4) is 0 Å². The highest BCUT2D eigenvalue weighted by Gasteiger charge is 2.15. The van der Waals surface area contributed by atoms with E-state index in [0.717, 1.165) is 17.1 Å². The zero-order valence-electron chi connectivity index (χ0n) is 15.9. The van der Waals surface area contributed by atoms with Crippen molar-refractivity contribution in [3.8, 4) is 11.5 Å². The minimum atomic E-state index is -0.187. The number of hydrogen-bond acceptors (Lipinski definition) is 4. The van der Waals surface area contributed by atoms with Gasteiger partial charge in [0.05, 0.1) is 25.0 Å². The van der Waals surface area contributed by atoms with Crippen LogP contribution in [-0.2, 0) is 4.79 Å². The molecule has 1 heterocycles. The van der Waals surface area contributed by atoms with E-state index in [1.807, 2.05) is 67.6 Å². The van der Waals surface area contributed by atoms with Gasteiger partial charge in [-0.15, -0.1) is 0 Å². The Morgan fingerprint density at radius 3 is 2.39 bits per heavy atom. The molecular formula is C23H23NO4. The third-order valence-corrected chi connectivity index (χ3v) is 4.10. The van der Waals surface area contributed by atoms with Gasteiger partial charge < -0.3 is 19.2 Å². The summed E-state index contributed by atoms with van der Waals surface area (Å²) in [5.41, 5.74) is 1.35. The number of amides is 1. The van der Waals surface area contributed by atoms with Gasteiger partial charge in [0, 0.05) is 0 Å². The van der Waals surface area contributed by atoms with Crippen LogP contribution in [0.4, 0.5) is 0 Å². The maximum Gasteiger partial charge on any atom is 0.252 e. The van der Waals surface area contributed by atoms with E-state index < -0.39 is 0 Å². The molecule has 5 heteroatoms. The molecule has 0 aliphatic heterocycles. The minimum Gasteiger partial charge on any atom is -0.497 e. The third-order valence-electron chi connectivity index (χ3n) is 4.10. The Hall–Kier alpha value is -3.47. The minimum absolute atomic E-state index is 0.182. The van der Waals surface area contributed by atoms with Crippen molar-refractivity contribution in [3.05, 3.63) is 84.3 Å². The molecule has 1 amide bonds. The predicted octanol–water partition coefficient (Wildman–Crippen LogP) is 4.41. The fourth-order valence-electron chi connectivity index (χ4n) is 2.65. The maximum atomic E-state index is 12.9. The first-order valence-corrected chi connectivity index (χ1v) is 9.04. The molecule has 1 atom stereocenters. The first kappa shape index (κ1) is 19.3. The molecule has 0 saturated carbocycles. The molecule has 2 aromatic carbocycles. The van der Waals surface area contributed by atoms with Gasteiger partial charge in [0.15, 0.2) is 0 Å². The van der Waals surface area contributed by atoms with E-state index in [1.54, 1.807) is 25.5 Å². The Bertz CT molecular complexity index is 900. The van der Waals surface area contributed by atoms with E-state index in [9.17, 15) is 4.79 Å². The number of methoxy groups -OCH3 is 1. The maximum absolute atomic E-state index is 12.9. The fraction of sp³-hybridized carbons (Fsp3) is 0.174. The molecule has 0 spiro atoms. The average Bonchev–Trinajstić information content (AvgIpc) is 3.25. The van der Waals surface area contributed by atoms with Crippen molar-refractivity contribution in [2.24, 2.45) is 0 Å². The Labute approximate surface area is 164 Å². The van der Waals surface area contributed by atoms with Gasteiger partial charge in [-0.05, 0) is 55.0 Å².